The minimum Gasteiger partial charge on any atom is -0.457 e. The Morgan fingerprint density at radius 3 is 2.38 bits per heavy atom. The standard InChI is InChI=1S/C13H13Cl2N5O/c14-9-1-3-12(4-2-9)20(17)7-11(16)8-21-13-18-5-10(15)6-19-13/h1-7H,8,16-17H2/b11-7-. The van der Waals surface area contributed by atoms with Gasteiger partial charge in [-0.15, -0.1) is 0 Å². The van der Waals surface area contributed by atoms with Crippen molar-refractivity contribution in [2.45, 2.75) is 0 Å². The Hall–Kier alpha value is -2.02. The number of aromatic nitrogens is 2. The molecule has 1 aromatic carbocycles. The first kappa shape index (κ1) is 15.4. The van der Waals surface area contributed by atoms with Gasteiger partial charge in [-0.2, -0.15) is 0 Å². The van der Waals surface area contributed by atoms with E-state index in [4.69, 9.17) is 39.5 Å². The molecule has 0 aliphatic rings. The van der Waals surface area contributed by atoms with Crippen LogP contribution in [0.2, 0.25) is 10.0 Å². The minimum absolute atomic E-state index is 0.100. The molecule has 0 aliphatic heterocycles. The third kappa shape index (κ3) is 4.78. The van der Waals surface area contributed by atoms with E-state index in [9.17, 15) is 0 Å². The number of ether oxygens (including phenoxy) is 1. The molecule has 0 atom stereocenters. The summed E-state index contributed by atoms with van der Waals surface area (Å²) in [6.45, 7) is 0.100. The Bertz CT molecular complexity index is 615. The zero-order valence-corrected chi connectivity index (χ0v) is 12.4. The number of rotatable bonds is 5. The maximum atomic E-state index is 5.86. The number of nitrogens with two attached hydrogens (primary N) is 2. The van der Waals surface area contributed by atoms with Crippen LogP contribution >= 0.6 is 23.2 Å². The van der Waals surface area contributed by atoms with Crippen LogP contribution in [0.1, 0.15) is 0 Å². The lowest BCUT2D eigenvalue weighted by molar-refractivity contribution is 0.321. The van der Waals surface area contributed by atoms with Crippen LogP contribution < -0.4 is 21.3 Å². The number of halogens is 2. The Morgan fingerprint density at radius 2 is 1.76 bits per heavy atom. The molecular formula is C13H13Cl2N5O. The highest BCUT2D eigenvalue weighted by molar-refractivity contribution is 6.30. The van der Waals surface area contributed by atoms with Crippen LogP contribution in [0.3, 0.4) is 0 Å². The third-order valence-corrected chi connectivity index (χ3v) is 2.84. The highest BCUT2D eigenvalue weighted by atomic mass is 35.5. The fraction of sp³-hybridized carbons (Fsp3) is 0.0769. The third-order valence-electron chi connectivity index (χ3n) is 2.39. The molecule has 110 valence electrons. The van der Waals surface area contributed by atoms with Crippen LogP contribution in [0.4, 0.5) is 5.69 Å². The van der Waals surface area contributed by atoms with Crippen molar-refractivity contribution in [3.8, 4) is 6.01 Å². The molecule has 0 fully saturated rings. The van der Waals surface area contributed by atoms with Crippen molar-refractivity contribution >= 4 is 28.9 Å². The van der Waals surface area contributed by atoms with Gasteiger partial charge in [-0.3, -0.25) is 5.01 Å². The second-order valence-electron chi connectivity index (χ2n) is 4.06. The summed E-state index contributed by atoms with van der Waals surface area (Å²) in [4.78, 5) is 7.78. The number of anilines is 1. The largest absolute Gasteiger partial charge is 0.457 e. The number of hydrogen-bond acceptors (Lipinski definition) is 6. The van der Waals surface area contributed by atoms with Crippen molar-refractivity contribution < 1.29 is 4.74 Å². The van der Waals surface area contributed by atoms with Gasteiger partial charge in [-0.05, 0) is 24.3 Å². The Kier molecular flexibility index (Phi) is 5.21. The molecule has 0 saturated carbocycles. The van der Waals surface area contributed by atoms with Gasteiger partial charge in [0.1, 0.15) is 6.61 Å². The smallest absolute Gasteiger partial charge is 0.316 e. The summed E-state index contributed by atoms with van der Waals surface area (Å²) in [5, 5.41) is 2.44. The van der Waals surface area contributed by atoms with Crippen molar-refractivity contribution in [2.75, 3.05) is 11.6 Å². The van der Waals surface area contributed by atoms with E-state index < -0.39 is 0 Å². The fourth-order valence-electron chi connectivity index (χ4n) is 1.43. The molecule has 0 radical (unpaired) electrons. The molecule has 2 aromatic rings. The molecular weight excluding hydrogens is 313 g/mol. The van der Waals surface area contributed by atoms with Crippen molar-refractivity contribution in [2.24, 2.45) is 11.6 Å². The summed E-state index contributed by atoms with van der Waals surface area (Å²) in [6, 6.07) is 7.20. The lowest BCUT2D eigenvalue weighted by Crippen LogP contribution is -2.27. The van der Waals surface area contributed by atoms with Gasteiger partial charge < -0.3 is 10.5 Å². The SMILES string of the molecule is N/C(=C\N(N)c1ccc(Cl)cc1)COc1ncc(Cl)cn1. The van der Waals surface area contributed by atoms with Crippen molar-refractivity contribution in [3.05, 3.63) is 58.6 Å². The molecule has 0 amide bonds. The molecule has 4 N–H and O–H groups in total. The lowest BCUT2D eigenvalue weighted by Gasteiger charge is -2.15. The topological polar surface area (TPSA) is 90.3 Å². The zero-order chi connectivity index (χ0) is 15.2. The molecule has 0 bridgehead atoms. The predicted octanol–water partition coefficient (Wildman–Crippen LogP) is 2.34. The fourth-order valence-corrected chi connectivity index (χ4v) is 1.65. The molecule has 0 unspecified atom stereocenters. The maximum Gasteiger partial charge on any atom is 0.316 e. The number of nitrogens with zero attached hydrogens (tertiary/aromatic N) is 3. The van der Waals surface area contributed by atoms with Crippen molar-refractivity contribution in [1.29, 1.82) is 0 Å². The van der Waals surface area contributed by atoms with E-state index in [1.807, 2.05) is 0 Å². The molecule has 0 saturated heterocycles. The first-order valence-electron chi connectivity index (χ1n) is 5.90. The van der Waals surface area contributed by atoms with E-state index in [-0.39, 0.29) is 12.6 Å². The average Bonchev–Trinajstić information content (AvgIpc) is 2.47. The summed E-state index contributed by atoms with van der Waals surface area (Å²) in [5.41, 5.74) is 6.98. The maximum absolute atomic E-state index is 5.86. The van der Waals surface area contributed by atoms with Crippen LogP contribution in [0.15, 0.2) is 48.6 Å². The predicted molar refractivity (Wildman–Crippen MR) is 82.9 cm³/mol. The van der Waals surface area contributed by atoms with Gasteiger partial charge in [-0.25, -0.2) is 15.8 Å². The molecule has 1 heterocycles. The summed E-state index contributed by atoms with van der Waals surface area (Å²) < 4.78 is 5.30. The van der Waals surface area contributed by atoms with Crippen LogP contribution in [-0.2, 0) is 0 Å². The van der Waals surface area contributed by atoms with Crippen LogP contribution in [0.25, 0.3) is 0 Å². The number of benzene rings is 1. The van der Waals surface area contributed by atoms with Gasteiger partial charge in [0.2, 0.25) is 0 Å². The van der Waals surface area contributed by atoms with Crippen molar-refractivity contribution in [3.63, 3.8) is 0 Å². The Balaban J connectivity index is 1.94. The Morgan fingerprint density at radius 1 is 1.14 bits per heavy atom. The number of hydrazine groups is 1. The van der Waals surface area contributed by atoms with E-state index in [1.54, 1.807) is 30.5 Å². The van der Waals surface area contributed by atoms with Gasteiger partial charge in [-0.1, -0.05) is 23.2 Å². The van der Waals surface area contributed by atoms with Gasteiger partial charge in [0.25, 0.3) is 0 Å². The normalized spacial score (nSPS) is 11.3. The van der Waals surface area contributed by atoms with Gasteiger partial charge in [0.15, 0.2) is 0 Å². The van der Waals surface area contributed by atoms with Crippen LogP contribution in [-0.4, -0.2) is 16.6 Å². The molecule has 6 nitrogen and oxygen atoms in total. The van der Waals surface area contributed by atoms with Gasteiger partial charge in [0.05, 0.1) is 28.8 Å². The first-order valence-corrected chi connectivity index (χ1v) is 6.66. The first-order chi connectivity index (χ1) is 10.0. The highest BCUT2D eigenvalue weighted by Crippen LogP contribution is 2.16. The van der Waals surface area contributed by atoms with Crippen LogP contribution in [0.5, 0.6) is 6.01 Å². The highest BCUT2D eigenvalue weighted by Gasteiger charge is 2.02. The molecule has 2 rings (SSSR count). The molecule has 1 aromatic heterocycles. The summed E-state index contributed by atoms with van der Waals surface area (Å²) in [5.74, 6) is 5.86. The van der Waals surface area contributed by atoms with Crippen molar-refractivity contribution in [1.82, 2.24) is 9.97 Å². The average molecular weight is 326 g/mol. The van der Waals surface area contributed by atoms with Crippen LogP contribution in [0, 0.1) is 0 Å². The minimum atomic E-state index is 0.100. The second kappa shape index (κ2) is 7.12. The number of hydrogen-bond donors (Lipinski definition) is 2. The Labute approximate surface area is 131 Å². The summed E-state index contributed by atoms with van der Waals surface area (Å²) in [6.07, 6.45) is 4.42. The van der Waals surface area contributed by atoms with E-state index in [0.29, 0.717) is 15.7 Å². The van der Waals surface area contributed by atoms with Gasteiger partial charge >= 0.3 is 6.01 Å². The second-order valence-corrected chi connectivity index (χ2v) is 4.93. The molecule has 21 heavy (non-hydrogen) atoms. The quantitative estimate of drug-likeness (QED) is 0.647. The summed E-state index contributed by atoms with van der Waals surface area (Å²) in [7, 11) is 0. The van der Waals surface area contributed by atoms with E-state index >= 15 is 0 Å². The zero-order valence-electron chi connectivity index (χ0n) is 10.9. The molecule has 8 heteroatoms. The van der Waals surface area contributed by atoms with E-state index in [1.165, 1.54) is 17.4 Å². The van der Waals surface area contributed by atoms with E-state index in [2.05, 4.69) is 9.97 Å². The monoisotopic (exact) mass is 325 g/mol. The molecule has 0 spiro atoms. The van der Waals surface area contributed by atoms with E-state index in [0.717, 1.165) is 5.69 Å². The molecule has 0 aliphatic carbocycles. The summed E-state index contributed by atoms with van der Waals surface area (Å²) >= 11 is 11.5. The van der Waals surface area contributed by atoms with Gasteiger partial charge in [0, 0.05) is 11.2 Å². The lowest BCUT2D eigenvalue weighted by atomic mass is 10.3.